The Labute approximate surface area is 135 Å². The Morgan fingerprint density at radius 3 is 2.17 bits per heavy atom. The maximum Gasteiger partial charge on any atom is 0.343 e. The van der Waals surface area contributed by atoms with E-state index in [0.29, 0.717) is 16.9 Å². The molecule has 0 heterocycles. The average Bonchev–Trinajstić information content (AvgIpc) is 2.56. The van der Waals surface area contributed by atoms with Gasteiger partial charge >= 0.3 is 11.9 Å². The smallest absolute Gasteiger partial charge is 0.343 e. The molecule has 4 nitrogen and oxygen atoms in total. The number of ether oxygens (including phenoxy) is 2. The Balaban J connectivity index is 2.01. The van der Waals surface area contributed by atoms with E-state index in [0.717, 1.165) is 5.56 Å². The van der Waals surface area contributed by atoms with E-state index < -0.39 is 18.0 Å². The van der Waals surface area contributed by atoms with Crippen LogP contribution >= 0.6 is 0 Å². The van der Waals surface area contributed by atoms with Crippen LogP contribution < -0.4 is 4.74 Å². The first-order valence-corrected chi connectivity index (χ1v) is 7.21. The van der Waals surface area contributed by atoms with Crippen molar-refractivity contribution in [1.82, 2.24) is 0 Å². The fraction of sp³-hybridized carbons (Fsp3) is 0.158. The molecule has 4 heteroatoms. The van der Waals surface area contributed by atoms with Gasteiger partial charge in [-0.05, 0) is 43.7 Å². The maximum atomic E-state index is 12.0. The molecule has 2 aromatic rings. The molecule has 1 atom stereocenters. The summed E-state index contributed by atoms with van der Waals surface area (Å²) in [5, 5.41) is 0. The molecule has 0 aliphatic rings. The van der Waals surface area contributed by atoms with Crippen LogP contribution in [0, 0.1) is 0 Å². The quantitative estimate of drug-likeness (QED) is 0.474. The average molecular weight is 310 g/mol. The van der Waals surface area contributed by atoms with Gasteiger partial charge in [0.1, 0.15) is 11.9 Å². The van der Waals surface area contributed by atoms with Crippen LogP contribution in [0.2, 0.25) is 0 Å². The normalized spacial score (nSPS) is 11.4. The molecule has 23 heavy (non-hydrogen) atoms. The molecule has 0 amide bonds. The lowest BCUT2D eigenvalue weighted by atomic mass is 10.1. The molecule has 2 rings (SSSR count). The van der Waals surface area contributed by atoms with Crippen molar-refractivity contribution in [2.45, 2.75) is 20.0 Å². The lowest BCUT2D eigenvalue weighted by Crippen LogP contribution is -2.10. The van der Waals surface area contributed by atoms with Gasteiger partial charge in [-0.15, -0.1) is 0 Å². The SMILES string of the molecule is C=C(C)C(=O)OC(C)c1ccc(OC(=O)c2ccccc2)cc1. The summed E-state index contributed by atoms with van der Waals surface area (Å²) in [6.45, 7) is 6.91. The summed E-state index contributed by atoms with van der Waals surface area (Å²) >= 11 is 0. The summed E-state index contributed by atoms with van der Waals surface area (Å²) in [6.07, 6.45) is -0.405. The highest BCUT2D eigenvalue weighted by atomic mass is 16.5. The van der Waals surface area contributed by atoms with Gasteiger partial charge in [-0.1, -0.05) is 36.9 Å². The Morgan fingerprint density at radius 2 is 1.61 bits per heavy atom. The molecule has 118 valence electrons. The summed E-state index contributed by atoms with van der Waals surface area (Å²) in [4.78, 5) is 23.5. The zero-order valence-electron chi connectivity index (χ0n) is 13.1. The molecular formula is C19H18O4. The molecule has 0 aromatic heterocycles. The van der Waals surface area contributed by atoms with Gasteiger partial charge in [0.15, 0.2) is 0 Å². The molecule has 2 aromatic carbocycles. The van der Waals surface area contributed by atoms with Crippen molar-refractivity contribution >= 4 is 11.9 Å². The molecular weight excluding hydrogens is 292 g/mol. The topological polar surface area (TPSA) is 52.6 Å². The van der Waals surface area contributed by atoms with E-state index in [-0.39, 0.29) is 0 Å². The molecule has 0 aliphatic carbocycles. The summed E-state index contributed by atoms with van der Waals surface area (Å²) in [5.74, 6) is -0.418. The van der Waals surface area contributed by atoms with E-state index in [9.17, 15) is 9.59 Å². The van der Waals surface area contributed by atoms with Crippen LogP contribution in [0.5, 0.6) is 5.75 Å². The Kier molecular flexibility index (Phi) is 5.31. The highest BCUT2D eigenvalue weighted by Crippen LogP contribution is 2.21. The lowest BCUT2D eigenvalue weighted by Gasteiger charge is -2.14. The summed E-state index contributed by atoms with van der Waals surface area (Å²) in [5.41, 5.74) is 1.64. The fourth-order valence-corrected chi connectivity index (χ4v) is 1.88. The van der Waals surface area contributed by atoms with E-state index in [1.54, 1.807) is 62.4 Å². The minimum atomic E-state index is -0.433. The van der Waals surface area contributed by atoms with Crippen molar-refractivity contribution in [3.05, 3.63) is 77.9 Å². The first-order valence-electron chi connectivity index (χ1n) is 7.21. The number of esters is 2. The molecule has 0 aliphatic heterocycles. The fourth-order valence-electron chi connectivity index (χ4n) is 1.88. The minimum absolute atomic E-state index is 0.352. The van der Waals surface area contributed by atoms with E-state index in [1.807, 2.05) is 6.07 Å². The van der Waals surface area contributed by atoms with Crippen molar-refractivity contribution in [2.75, 3.05) is 0 Å². The van der Waals surface area contributed by atoms with Gasteiger partial charge in [-0.25, -0.2) is 9.59 Å². The van der Waals surface area contributed by atoms with E-state index in [4.69, 9.17) is 9.47 Å². The van der Waals surface area contributed by atoms with Gasteiger partial charge in [0, 0.05) is 5.57 Å². The maximum absolute atomic E-state index is 12.0. The Morgan fingerprint density at radius 1 is 1.00 bits per heavy atom. The van der Waals surface area contributed by atoms with Crippen molar-refractivity contribution in [1.29, 1.82) is 0 Å². The predicted octanol–water partition coefficient (Wildman–Crippen LogP) is 4.09. The predicted molar refractivity (Wildman–Crippen MR) is 87.2 cm³/mol. The summed E-state index contributed by atoms with van der Waals surface area (Å²) in [7, 11) is 0. The third-order valence-corrected chi connectivity index (χ3v) is 3.20. The third-order valence-electron chi connectivity index (χ3n) is 3.20. The summed E-state index contributed by atoms with van der Waals surface area (Å²) in [6, 6.07) is 15.6. The van der Waals surface area contributed by atoms with Crippen molar-refractivity contribution < 1.29 is 19.1 Å². The van der Waals surface area contributed by atoms with Crippen LogP contribution in [0.1, 0.15) is 35.9 Å². The first kappa shape index (κ1) is 16.5. The van der Waals surface area contributed by atoms with Gasteiger partial charge in [-0.3, -0.25) is 0 Å². The van der Waals surface area contributed by atoms with Crippen LogP contribution in [0.4, 0.5) is 0 Å². The molecule has 0 saturated heterocycles. The molecule has 0 bridgehead atoms. The molecule has 1 unspecified atom stereocenters. The number of benzene rings is 2. The summed E-state index contributed by atoms with van der Waals surface area (Å²) < 4.78 is 10.5. The highest BCUT2D eigenvalue weighted by Gasteiger charge is 2.13. The molecule has 0 fully saturated rings. The Hall–Kier alpha value is -2.88. The van der Waals surface area contributed by atoms with Crippen LogP contribution in [0.3, 0.4) is 0 Å². The van der Waals surface area contributed by atoms with E-state index in [1.165, 1.54) is 0 Å². The zero-order chi connectivity index (χ0) is 16.8. The second kappa shape index (κ2) is 7.40. The van der Waals surface area contributed by atoms with Crippen LogP contribution in [0.15, 0.2) is 66.7 Å². The van der Waals surface area contributed by atoms with Gasteiger partial charge < -0.3 is 9.47 Å². The standard InChI is InChI=1S/C19H18O4/c1-13(2)18(20)22-14(3)15-9-11-17(12-10-15)23-19(21)16-7-5-4-6-8-16/h4-12,14H,1H2,2-3H3. The molecule has 0 saturated carbocycles. The van der Waals surface area contributed by atoms with Gasteiger partial charge in [-0.2, -0.15) is 0 Å². The van der Waals surface area contributed by atoms with Gasteiger partial charge in [0.05, 0.1) is 5.56 Å². The van der Waals surface area contributed by atoms with Gasteiger partial charge in [0.25, 0.3) is 0 Å². The third kappa shape index (κ3) is 4.54. The van der Waals surface area contributed by atoms with Crippen molar-refractivity contribution in [3.63, 3.8) is 0 Å². The minimum Gasteiger partial charge on any atom is -0.454 e. The Bertz CT molecular complexity index is 702. The van der Waals surface area contributed by atoms with Crippen LogP contribution in [-0.2, 0) is 9.53 Å². The highest BCUT2D eigenvalue weighted by molar-refractivity contribution is 5.91. The number of carbonyl (C=O) groups is 2. The zero-order valence-corrected chi connectivity index (χ0v) is 13.1. The molecule has 0 radical (unpaired) electrons. The first-order chi connectivity index (χ1) is 11.0. The van der Waals surface area contributed by atoms with Crippen molar-refractivity contribution in [2.24, 2.45) is 0 Å². The molecule has 0 N–H and O–H groups in total. The number of rotatable bonds is 5. The van der Waals surface area contributed by atoms with Crippen LogP contribution in [0.25, 0.3) is 0 Å². The number of hydrogen-bond acceptors (Lipinski definition) is 4. The molecule has 0 spiro atoms. The number of carbonyl (C=O) groups excluding carboxylic acids is 2. The van der Waals surface area contributed by atoms with Crippen molar-refractivity contribution in [3.8, 4) is 5.75 Å². The lowest BCUT2D eigenvalue weighted by molar-refractivity contribution is -0.143. The second-order valence-corrected chi connectivity index (χ2v) is 5.15. The van der Waals surface area contributed by atoms with Crippen LogP contribution in [-0.4, -0.2) is 11.9 Å². The van der Waals surface area contributed by atoms with Gasteiger partial charge in [0.2, 0.25) is 0 Å². The van der Waals surface area contributed by atoms with E-state index >= 15 is 0 Å². The second-order valence-electron chi connectivity index (χ2n) is 5.15. The largest absolute Gasteiger partial charge is 0.454 e. The monoisotopic (exact) mass is 310 g/mol. The number of hydrogen-bond donors (Lipinski definition) is 0. The van der Waals surface area contributed by atoms with E-state index in [2.05, 4.69) is 6.58 Å².